The highest BCUT2D eigenvalue weighted by molar-refractivity contribution is 7.91. The van der Waals surface area contributed by atoms with Crippen molar-refractivity contribution < 1.29 is 31.1 Å². The molecule has 1 saturated heterocycles. The van der Waals surface area contributed by atoms with E-state index in [9.17, 15) is 26.4 Å². The third-order valence-electron chi connectivity index (χ3n) is 6.50. The number of carbonyl (C=O) groups is 1. The number of nitrogens with zero attached hydrogens (tertiary/aromatic N) is 3. The number of sulfone groups is 1. The number of aryl methyl sites for hydroxylation is 1. The van der Waals surface area contributed by atoms with Crippen LogP contribution >= 0.6 is 0 Å². The normalized spacial score (nSPS) is 17.0. The number of methoxy groups -OCH3 is 1. The number of benzene rings is 2. The molecule has 5 rings (SSSR count). The van der Waals surface area contributed by atoms with Crippen LogP contribution in [-0.4, -0.2) is 47.7 Å². The number of fused-ring (bicyclic) bond motifs is 1. The number of carbonyl (C=O) groups excluding carboxylic acids is 1. The number of halogens is 3. The summed E-state index contributed by atoms with van der Waals surface area (Å²) < 4.78 is 71.8. The fourth-order valence-corrected chi connectivity index (χ4v) is 6.35. The predicted molar refractivity (Wildman–Crippen MR) is 136 cm³/mol. The molecule has 4 aromatic rings. The van der Waals surface area contributed by atoms with Gasteiger partial charge in [-0.2, -0.15) is 18.3 Å². The second kappa shape index (κ2) is 9.43. The zero-order valence-corrected chi connectivity index (χ0v) is 21.2. The number of aromatic nitrogens is 3. The molecule has 3 heterocycles. The van der Waals surface area contributed by atoms with E-state index in [2.05, 4.69) is 10.4 Å². The molecule has 2 aromatic heterocycles. The Balaban J connectivity index is 1.67. The van der Waals surface area contributed by atoms with Crippen molar-refractivity contribution in [2.45, 2.75) is 25.6 Å². The van der Waals surface area contributed by atoms with Crippen LogP contribution < -0.4 is 10.1 Å². The average molecular weight is 545 g/mol. The minimum absolute atomic E-state index is 0.0117. The van der Waals surface area contributed by atoms with Crippen LogP contribution in [-0.2, 0) is 16.0 Å². The van der Waals surface area contributed by atoms with Crippen molar-refractivity contribution in [3.63, 3.8) is 0 Å². The summed E-state index contributed by atoms with van der Waals surface area (Å²) in [6.45, 7) is 1.65. The molecule has 8 nitrogen and oxygen atoms in total. The molecule has 2 aromatic carbocycles. The maximum atomic E-state index is 13.6. The van der Waals surface area contributed by atoms with E-state index >= 15 is 0 Å². The Hall–Kier alpha value is -3.93. The molecule has 1 aliphatic heterocycles. The molecular weight excluding hydrogens is 521 g/mol. The second-order valence-electron chi connectivity index (χ2n) is 9.07. The summed E-state index contributed by atoms with van der Waals surface area (Å²) in [6, 6.07) is 12.7. The van der Waals surface area contributed by atoms with Crippen LogP contribution in [0.5, 0.6) is 5.75 Å². The summed E-state index contributed by atoms with van der Waals surface area (Å²) in [5.74, 6) is -0.269. The van der Waals surface area contributed by atoms with E-state index < -0.39 is 33.5 Å². The molecule has 0 bridgehead atoms. The number of hydrogen-bond acceptors (Lipinski definition) is 6. The molecule has 0 spiro atoms. The van der Waals surface area contributed by atoms with Crippen LogP contribution in [0.25, 0.3) is 22.3 Å². The first-order valence-electron chi connectivity index (χ1n) is 11.7. The number of ether oxygens (including phenoxy) is 1. The van der Waals surface area contributed by atoms with Crippen LogP contribution in [0.15, 0.2) is 54.6 Å². The van der Waals surface area contributed by atoms with E-state index in [1.54, 1.807) is 31.2 Å². The minimum atomic E-state index is -4.67. The smallest absolute Gasteiger partial charge is 0.418 e. The summed E-state index contributed by atoms with van der Waals surface area (Å²) in [6.07, 6.45) is -4.33. The largest absolute Gasteiger partial charge is 0.497 e. The van der Waals surface area contributed by atoms with Gasteiger partial charge in [-0.25, -0.2) is 18.1 Å². The topological polar surface area (TPSA) is 103 Å². The zero-order valence-electron chi connectivity index (χ0n) is 20.4. The highest BCUT2D eigenvalue weighted by atomic mass is 32.2. The minimum Gasteiger partial charge on any atom is -0.497 e. The number of rotatable bonds is 5. The van der Waals surface area contributed by atoms with Crippen molar-refractivity contribution in [2.75, 3.05) is 23.9 Å². The van der Waals surface area contributed by atoms with E-state index in [4.69, 9.17) is 9.72 Å². The molecule has 1 unspecified atom stereocenters. The Labute approximate surface area is 216 Å². The number of nitrogens with one attached hydrogen (secondary N) is 1. The molecule has 1 aliphatic rings. The standard InChI is InChI=1S/C26H23F3N4O4S/c1-15-23-19(25(34)31-21-6-4-3-5-20(21)26(27,28)29)13-22(16-7-9-18(37-2)10-8-16)30-24(23)33(32-15)17-11-12-38(35,36)14-17/h3-10,13,17H,11-12,14H2,1-2H3,(H,31,34). The number of pyridine rings is 1. The number of anilines is 1. The predicted octanol–water partition coefficient (Wildman–Crippen LogP) is 5.05. The highest BCUT2D eigenvalue weighted by Gasteiger charge is 2.35. The molecule has 0 aliphatic carbocycles. The molecule has 38 heavy (non-hydrogen) atoms. The Morgan fingerprint density at radius 3 is 2.47 bits per heavy atom. The van der Waals surface area contributed by atoms with Gasteiger partial charge in [0.15, 0.2) is 15.5 Å². The number of para-hydroxylation sites is 1. The molecular formula is C26H23F3N4O4S. The van der Waals surface area contributed by atoms with Crippen molar-refractivity contribution in [1.82, 2.24) is 14.8 Å². The molecule has 198 valence electrons. The Bertz CT molecular complexity index is 1650. The van der Waals surface area contributed by atoms with Gasteiger partial charge >= 0.3 is 6.18 Å². The maximum absolute atomic E-state index is 13.6. The van der Waals surface area contributed by atoms with Crippen molar-refractivity contribution in [3.8, 4) is 17.0 Å². The van der Waals surface area contributed by atoms with Crippen molar-refractivity contribution in [1.29, 1.82) is 0 Å². The van der Waals surface area contributed by atoms with Gasteiger partial charge in [0.05, 0.1) is 58.2 Å². The third-order valence-corrected chi connectivity index (χ3v) is 8.25. The van der Waals surface area contributed by atoms with Gasteiger partial charge < -0.3 is 10.1 Å². The molecule has 12 heteroatoms. The molecule has 1 N–H and O–H groups in total. The molecule has 1 atom stereocenters. The Morgan fingerprint density at radius 2 is 1.84 bits per heavy atom. The molecule has 1 fully saturated rings. The van der Waals surface area contributed by atoms with E-state index in [0.717, 1.165) is 6.07 Å². The fraction of sp³-hybridized carbons (Fsp3) is 0.269. The van der Waals surface area contributed by atoms with E-state index in [1.165, 1.54) is 36.1 Å². The van der Waals surface area contributed by atoms with E-state index in [-0.39, 0.29) is 28.4 Å². The molecule has 1 amide bonds. The van der Waals surface area contributed by atoms with Crippen LogP contribution in [0.1, 0.15) is 34.1 Å². The Kier molecular flexibility index (Phi) is 6.38. The van der Waals surface area contributed by atoms with Crippen molar-refractivity contribution in [3.05, 3.63) is 71.4 Å². The Morgan fingerprint density at radius 1 is 1.13 bits per heavy atom. The van der Waals surface area contributed by atoms with E-state index in [1.807, 2.05) is 0 Å². The van der Waals surface area contributed by atoms with Gasteiger partial charge in [0.1, 0.15) is 5.75 Å². The summed E-state index contributed by atoms with van der Waals surface area (Å²) in [5.41, 5.74) is 0.408. The van der Waals surface area contributed by atoms with Crippen molar-refractivity contribution >= 4 is 32.5 Å². The molecule has 0 saturated carbocycles. The van der Waals surface area contributed by atoms with Gasteiger partial charge in [-0.15, -0.1) is 0 Å². The van der Waals surface area contributed by atoms with Gasteiger partial charge in [-0.05, 0) is 55.8 Å². The lowest BCUT2D eigenvalue weighted by Gasteiger charge is -2.15. The summed E-state index contributed by atoms with van der Waals surface area (Å²) >= 11 is 0. The average Bonchev–Trinajstić information content (AvgIpc) is 3.41. The van der Waals surface area contributed by atoms with Crippen LogP contribution in [0.3, 0.4) is 0 Å². The van der Waals surface area contributed by atoms with Crippen LogP contribution in [0, 0.1) is 6.92 Å². The summed E-state index contributed by atoms with van der Waals surface area (Å²) in [7, 11) is -1.72. The first-order chi connectivity index (χ1) is 18.0. The third kappa shape index (κ3) is 4.83. The monoisotopic (exact) mass is 544 g/mol. The van der Waals surface area contributed by atoms with Gasteiger partial charge in [0.25, 0.3) is 5.91 Å². The van der Waals surface area contributed by atoms with Crippen LogP contribution in [0.4, 0.5) is 18.9 Å². The lowest BCUT2D eigenvalue weighted by Crippen LogP contribution is -2.17. The van der Waals surface area contributed by atoms with Crippen LogP contribution in [0.2, 0.25) is 0 Å². The lowest BCUT2D eigenvalue weighted by molar-refractivity contribution is -0.136. The lowest BCUT2D eigenvalue weighted by atomic mass is 10.0. The number of hydrogen-bond donors (Lipinski definition) is 1. The SMILES string of the molecule is COc1ccc(-c2cc(C(=O)Nc3ccccc3C(F)(F)F)c3c(C)nn(C4CCS(=O)(=O)C4)c3n2)cc1. The van der Waals surface area contributed by atoms with Crippen molar-refractivity contribution in [2.24, 2.45) is 0 Å². The first-order valence-corrected chi connectivity index (χ1v) is 13.5. The maximum Gasteiger partial charge on any atom is 0.418 e. The summed E-state index contributed by atoms with van der Waals surface area (Å²) in [5, 5.41) is 7.26. The van der Waals surface area contributed by atoms with Gasteiger partial charge in [-0.3, -0.25) is 4.79 Å². The number of alkyl halides is 3. The quantitative estimate of drug-likeness (QED) is 0.377. The highest BCUT2D eigenvalue weighted by Crippen LogP contribution is 2.36. The second-order valence-corrected chi connectivity index (χ2v) is 11.3. The van der Waals surface area contributed by atoms with E-state index in [0.29, 0.717) is 34.5 Å². The van der Waals surface area contributed by atoms with Gasteiger partial charge in [0, 0.05) is 5.56 Å². The number of amides is 1. The first kappa shape index (κ1) is 25.7. The van der Waals surface area contributed by atoms with Gasteiger partial charge in [-0.1, -0.05) is 12.1 Å². The zero-order chi connectivity index (χ0) is 27.2. The fourth-order valence-electron chi connectivity index (χ4n) is 4.65. The summed E-state index contributed by atoms with van der Waals surface area (Å²) in [4.78, 5) is 18.2. The van der Waals surface area contributed by atoms with Gasteiger partial charge in [0.2, 0.25) is 0 Å². The molecule has 0 radical (unpaired) electrons.